The molecule has 2 aromatic heterocycles. The van der Waals surface area contributed by atoms with E-state index < -0.39 is 0 Å². The number of aromatic nitrogens is 4. The van der Waals surface area contributed by atoms with E-state index >= 15 is 0 Å². The predicted molar refractivity (Wildman–Crippen MR) is 59.9 cm³/mol. The van der Waals surface area contributed by atoms with Gasteiger partial charge in [0.25, 0.3) is 0 Å². The fourth-order valence-electron chi connectivity index (χ4n) is 1.68. The molecule has 0 fully saturated rings. The fraction of sp³-hybridized carbons (Fsp3) is 0.455. The van der Waals surface area contributed by atoms with Crippen LogP contribution in [-0.2, 0) is 20.2 Å². The van der Waals surface area contributed by atoms with E-state index in [0.29, 0.717) is 12.2 Å². The number of aliphatic hydroxyl groups excluding tert-OH is 1. The average Bonchev–Trinajstić information content (AvgIpc) is 2.73. The first-order valence-electron chi connectivity index (χ1n) is 5.24. The van der Waals surface area contributed by atoms with Crippen LogP contribution in [0.15, 0.2) is 12.1 Å². The third-order valence-corrected chi connectivity index (χ3v) is 2.67. The molecular weight excluding hydrogens is 204 g/mol. The van der Waals surface area contributed by atoms with Crippen LogP contribution < -0.4 is 0 Å². The minimum atomic E-state index is -0.0188. The highest BCUT2D eigenvalue weighted by molar-refractivity contribution is 5.12. The third kappa shape index (κ3) is 1.99. The zero-order chi connectivity index (χ0) is 11.7. The van der Waals surface area contributed by atoms with Gasteiger partial charge >= 0.3 is 0 Å². The molecule has 2 rings (SSSR count). The maximum absolute atomic E-state index is 8.99. The predicted octanol–water partition coefficient (Wildman–Crippen LogP) is 0.774. The lowest BCUT2D eigenvalue weighted by molar-refractivity contribution is 0.275. The zero-order valence-electron chi connectivity index (χ0n) is 9.80. The van der Waals surface area contributed by atoms with Gasteiger partial charge in [-0.25, -0.2) is 0 Å². The van der Waals surface area contributed by atoms with Crippen LogP contribution in [0.5, 0.6) is 0 Å². The van der Waals surface area contributed by atoms with Crippen molar-refractivity contribution >= 4 is 0 Å². The Kier molecular flexibility index (Phi) is 2.78. The first kappa shape index (κ1) is 10.9. The maximum Gasteiger partial charge on any atom is 0.0881 e. The van der Waals surface area contributed by atoms with Gasteiger partial charge in [0.2, 0.25) is 0 Å². The molecule has 0 saturated heterocycles. The SMILES string of the molecule is Cc1cc(Cn2nc(CO)cc2C)nn1C. The Labute approximate surface area is 94.3 Å². The molecule has 0 aliphatic carbocycles. The minimum absolute atomic E-state index is 0.0188. The molecule has 5 heteroatoms. The quantitative estimate of drug-likeness (QED) is 0.831. The second kappa shape index (κ2) is 4.09. The van der Waals surface area contributed by atoms with Crippen molar-refractivity contribution in [2.75, 3.05) is 0 Å². The molecule has 0 spiro atoms. The number of aryl methyl sites for hydroxylation is 3. The molecule has 0 unspecified atom stereocenters. The van der Waals surface area contributed by atoms with Crippen LogP contribution in [0.4, 0.5) is 0 Å². The van der Waals surface area contributed by atoms with Gasteiger partial charge in [0.05, 0.1) is 24.5 Å². The van der Waals surface area contributed by atoms with Crippen molar-refractivity contribution in [1.82, 2.24) is 19.6 Å². The summed E-state index contributed by atoms with van der Waals surface area (Å²) in [5, 5.41) is 17.6. The Bertz CT molecular complexity index is 479. The van der Waals surface area contributed by atoms with Crippen LogP contribution in [0.25, 0.3) is 0 Å². The summed E-state index contributed by atoms with van der Waals surface area (Å²) in [7, 11) is 1.92. The van der Waals surface area contributed by atoms with Gasteiger partial charge in [0.15, 0.2) is 0 Å². The van der Waals surface area contributed by atoms with Gasteiger partial charge in [-0.2, -0.15) is 10.2 Å². The maximum atomic E-state index is 8.99. The van der Waals surface area contributed by atoms with Crippen LogP contribution in [-0.4, -0.2) is 24.7 Å². The lowest BCUT2D eigenvalue weighted by atomic mass is 10.3. The molecule has 86 valence electrons. The van der Waals surface area contributed by atoms with E-state index in [-0.39, 0.29) is 6.61 Å². The normalized spacial score (nSPS) is 11.0. The van der Waals surface area contributed by atoms with Gasteiger partial charge in [-0.15, -0.1) is 0 Å². The molecule has 0 amide bonds. The molecule has 0 radical (unpaired) electrons. The first-order valence-corrected chi connectivity index (χ1v) is 5.24. The van der Waals surface area contributed by atoms with Crippen molar-refractivity contribution < 1.29 is 5.11 Å². The van der Waals surface area contributed by atoms with E-state index in [1.54, 1.807) is 0 Å². The molecule has 2 heterocycles. The Morgan fingerprint density at radius 2 is 1.81 bits per heavy atom. The van der Waals surface area contributed by atoms with E-state index in [9.17, 15) is 0 Å². The Morgan fingerprint density at radius 3 is 2.31 bits per heavy atom. The van der Waals surface area contributed by atoms with E-state index in [4.69, 9.17) is 5.11 Å². The molecule has 0 atom stereocenters. The van der Waals surface area contributed by atoms with Crippen LogP contribution in [0.1, 0.15) is 22.8 Å². The van der Waals surface area contributed by atoms with E-state index in [1.807, 2.05) is 42.4 Å². The molecule has 0 aliphatic heterocycles. The van der Waals surface area contributed by atoms with Crippen LogP contribution in [0.2, 0.25) is 0 Å². The van der Waals surface area contributed by atoms with E-state index in [2.05, 4.69) is 10.2 Å². The van der Waals surface area contributed by atoms with Crippen LogP contribution in [0, 0.1) is 13.8 Å². The lowest BCUT2D eigenvalue weighted by Crippen LogP contribution is -2.05. The highest BCUT2D eigenvalue weighted by Crippen LogP contribution is 2.08. The summed E-state index contributed by atoms with van der Waals surface area (Å²) in [5.74, 6) is 0. The molecule has 0 aromatic carbocycles. The number of aliphatic hydroxyl groups is 1. The zero-order valence-corrected chi connectivity index (χ0v) is 9.80. The summed E-state index contributed by atoms with van der Waals surface area (Å²) < 4.78 is 3.70. The summed E-state index contributed by atoms with van der Waals surface area (Å²) in [6.07, 6.45) is 0. The van der Waals surface area contributed by atoms with Crippen molar-refractivity contribution in [2.24, 2.45) is 7.05 Å². The Balaban J connectivity index is 2.23. The average molecular weight is 220 g/mol. The van der Waals surface area contributed by atoms with Crippen molar-refractivity contribution in [3.05, 3.63) is 34.9 Å². The molecule has 2 aromatic rings. The summed E-state index contributed by atoms with van der Waals surface area (Å²) in [6, 6.07) is 3.93. The summed E-state index contributed by atoms with van der Waals surface area (Å²) in [5.41, 5.74) is 3.84. The fourth-order valence-corrected chi connectivity index (χ4v) is 1.68. The number of hydrogen-bond acceptors (Lipinski definition) is 3. The van der Waals surface area contributed by atoms with Gasteiger partial charge in [-0.1, -0.05) is 0 Å². The van der Waals surface area contributed by atoms with Crippen molar-refractivity contribution in [1.29, 1.82) is 0 Å². The monoisotopic (exact) mass is 220 g/mol. The summed E-state index contributed by atoms with van der Waals surface area (Å²) in [6.45, 7) is 4.62. The Morgan fingerprint density at radius 1 is 1.12 bits per heavy atom. The largest absolute Gasteiger partial charge is 0.390 e. The topological polar surface area (TPSA) is 55.9 Å². The molecule has 0 bridgehead atoms. The molecule has 0 aliphatic rings. The van der Waals surface area contributed by atoms with Crippen LogP contribution in [0.3, 0.4) is 0 Å². The minimum Gasteiger partial charge on any atom is -0.390 e. The second-order valence-electron chi connectivity index (χ2n) is 3.99. The number of hydrogen-bond donors (Lipinski definition) is 1. The smallest absolute Gasteiger partial charge is 0.0881 e. The van der Waals surface area contributed by atoms with Crippen LogP contribution >= 0.6 is 0 Å². The first-order chi connectivity index (χ1) is 7.60. The molecule has 16 heavy (non-hydrogen) atoms. The van der Waals surface area contributed by atoms with Crippen molar-refractivity contribution in [3.63, 3.8) is 0 Å². The van der Waals surface area contributed by atoms with Gasteiger partial charge < -0.3 is 5.11 Å². The van der Waals surface area contributed by atoms with Gasteiger partial charge in [0, 0.05) is 18.4 Å². The highest BCUT2D eigenvalue weighted by Gasteiger charge is 2.06. The standard InChI is InChI=1S/C11H16N4O/c1-8-4-10(12-14(8)3)6-15-9(2)5-11(7-16)13-15/h4-5,16H,6-7H2,1-3H3. The number of rotatable bonds is 3. The summed E-state index contributed by atoms with van der Waals surface area (Å²) in [4.78, 5) is 0. The Hall–Kier alpha value is -1.62. The van der Waals surface area contributed by atoms with Gasteiger partial charge in [-0.3, -0.25) is 9.36 Å². The van der Waals surface area contributed by atoms with E-state index in [0.717, 1.165) is 17.1 Å². The summed E-state index contributed by atoms with van der Waals surface area (Å²) >= 11 is 0. The van der Waals surface area contributed by atoms with E-state index in [1.165, 1.54) is 0 Å². The molecule has 0 saturated carbocycles. The van der Waals surface area contributed by atoms with Gasteiger partial charge in [0.1, 0.15) is 0 Å². The molecule has 5 nitrogen and oxygen atoms in total. The van der Waals surface area contributed by atoms with Gasteiger partial charge in [-0.05, 0) is 26.0 Å². The number of nitrogens with zero attached hydrogens (tertiary/aromatic N) is 4. The van der Waals surface area contributed by atoms with Crippen molar-refractivity contribution in [2.45, 2.75) is 27.0 Å². The molecular formula is C11H16N4O. The van der Waals surface area contributed by atoms with Crippen molar-refractivity contribution in [3.8, 4) is 0 Å². The second-order valence-corrected chi connectivity index (χ2v) is 3.99. The lowest BCUT2D eigenvalue weighted by Gasteiger charge is -2.00. The third-order valence-electron chi connectivity index (χ3n) is 2.67. The highest BCUT2D eigenvalue weighted by atomic mass is 16.3. The molecule has 1 N–H and O–H groups in total.